The van der Waals surface area contributed by atoms with E-state index in [-0.39, 0.29) is 10.3 Å². The van der Waals surface area contributed by atoms with E-state index in [4.69, 9.17) is 15.6 Å². The predicted octanol–water partition coefficient (Wildman–Crippen LogP) is 4.78. The topological polar surface area (TPSA) is 99.2 Å². The SMILES string of the molecule is COc1c(C(C)(C)C)nn(Cc2c(C)cc(C)cc2C)c1C(C)NS(=O)(=O)c1cccc(N)c1. The minimum atomic E-state index is -3.82. The van der Waals surface area contributed by atoms with Gasteiger partial charge in [-0.3, -0.25) is 4.68 Å². The fourth-order valence-electron chi connectivity index (χ4n) is 4.34. The van der Waals surface area contributed by atoms with Crippen molar-refractivity contribution in [1.82, 2.24) is 14.5 Å². The Kier molecular flexibility index (Phi) is 7.15. The molecule has 1 heterocycles. The molecule has 2 aromatic carbocycles. The second kappa shape index (κ2) is 9.43. The van der Waals surface area contributed by atoms with Gasteiger partial charge < -0.3 is 10.5 Å². The van der Waals surface area contributed by atoms with Crippen LogP contribution in [0.1, 0.15) is 67.4 Å². The highest BCUT2D eigenvalue weighted by Crippen LogP contribution is 2.37. The number of rotatable bonds is 7. The number of hydrogen-bond donors (Lipinski definition) is 2. The van der Waals surface area contributed by atoms with Gasteiger partial charge in [0, 0.05) is 11.1 Å². The average molecular weight is 485 g/mol. The summed E-state index contributed by atoms with van der Waals surface area (Å²) in [5.74, 6) is 0.595. The highest BCUT2D eigenvalue weighted by atomic mass is 32.2. The summed E-state index contributed by atoms with van der Waals surface area (Å²) in [6.07, 6.45) is 0. The second-order valence-electron chi connectivity index (χ2n) is 9.97. The lowest BCUT2D eigenvalue weighted by Crippen LogP contribution is -2.29. The van der Waals surface area contributed by atoms with Crippen molar-refractivity contribution < 1.29 is 13.2 Å². The molecule has 34 heavy (non-hydrogen) atoms. The van der Waals surface area contributed by atoms with E-state index in [2.05, 4.69) is 58.4 Å². The summed E-state index contributed by atoms with van der Waals surface area (Å²) in [7, 11) is -2.22. The minimum absolute atomic E-state index is 0.116. The molecule has 3 N–H and O–H groups in total. The van der Waals surface area contributed by atoms with Crippen molar-refractivity contribution in [2.75, 3.05) is 12.8 Å². The fourth-order valence-corrected chi connectivity index (χ4v) is 5.60. The van der Waals surface area contributed by atoms with Crippen LogP contribution in [0.25, 0.3) is 0 Å². The van der Waals surface area contributed by atoms with E-state index in [1.807, 2.05) is 4.68 Å². The molecular formula is C26H36N4O3S. The predicted molar refractivity (Wildman–Crippen MR) is 137 cm³/mol. The standard InChI is InChI=1S/C26H36N4O3S/c1-16-12-17(2)22(18(3)13-16)15-30-23(24(33-8)25(28-30)26(5,6)7)19(4)29-34(31,32)21-11-9-10-20(27)14-21/h9-14,19,29H,15,27H2,1-8H3. The lowest BCUT2D eigenvalue weighted by molar-refractivity contribution is 0.387. The summed E-state index contributed by atoms with van der Waals surface area (Å²) in [5, 5.41) is 4.93. The van der Waals surface area contributed by atoms with Gasteiger partial charge in [0.15, 0.2) is 5.75 Å². The van der Waals surface area contributed by atoms with Crippen LogP contribution in [-0.2, 0) is 22.0 Å². The molecule has 0 amide bonds. The fraction of sp³-hybridized carbons (Fsp3) is 0.423. The van der Waals surface area contributed by atoms with Gasteiger partial charge in [-0.15, -0.1) is 0 Å². The molecule has 0 aliphatic rings. The molecule has 0 fully saturated rings. The molecule has 1 aromatic heterocycles. The van der Waals surface area contributed by atoms with E-state index < -0.39 is 16.1 Å². The normalized spacial score (nSPS) is 13.2. The van der Waals surface area contributed by atoms with Crippen LogP contribution in [0.2, 0.25) is 0 Å². The van der Waals surface area contributed by atoms with Gasteiger partial charge in [0.05, 0.1) is 30.3 Å². The van der Waals surface area contributed by atoms with Crippen LogP contribution in [0.4, 0.5) is 5.69 Å². The number of nitrogens with two attached hydrogens (primary N) is 1. The zero-order valence-electron chi connectivity index (χ0n) is 21.4. The Bertz CT molecular complexity index is 1280. The Morgan fingerprint density at radius 1 is 1.12 bits per heavy atom. The monoisotopic (exact) mass is 484 g/mol. The van der Waals surface area contributed by atoms with Crippen molar-refractivity contribution in [1.29, 1.82) is 0 Å². The smallest absolute Gasteiger partial charge is 0.241 e. The molecule has 0 aliphatic heterocycles. The van der Waals surface area contributed by atoms with Crippen LogP contribution in [0, 0.1) is 20.8 Å². The summed E-state index contributed by atoms with van der Waals surface area (Å²) < 4.78 is 36.8. The Balaban J connectivity index is 2.12. The molecule has 0 aliphatic carbocycles. The molecule has 1 unspecified atom stereocenters. The van der Waals surface area contributed by atoms with Crippen molar-refractivity contribution in [3.05, 3.63) is 70.0 Å². The maximum Gasteiger partial charge on any atom is 0.241 e. The maximum absolute atomic E-state index is 13.1. The summed E-state index contributed by atoms with van der Waals surface area (Å²) in [6.45, 7) is 14.8. The first-order chi connectivity index (χ1) is 15.7. The van der Waals surface area contributed by atoms with Crippen molar-refractivity contribution in [2.24, 2.45) is 0 Å². The third kappa shape index (κ3) is 5.28. The molecule has 184 valence electrons. The number of benzene rings is 2. The van der Waals surface area contributed by atoms with Crippen LogP contribution < -0.4 is 15.2 Å². The van der Waals surface area contributed by atoms with Gasteiger partial charge in [0.2, 0.25) is 10.0 Å². The van der Waals surface area contributed by atoms with Crippen molar-refractivity contribution in [3.8, 4) is 5.75 Å². The minimum Gasteiger partial charge on any atom is -0.493 e. The molecule has 3 rings (SSSR count). The first-order valence-electron chi connectivity index (χ1n) is 11.3. The summed E-state index contributed by atoms with van der Waals surface area (Å²) in [6, 6.07) is 9.96. The number of nitrogen functional groups attached to an aromatic ring is 1. The zero-order valence-corrected chi connectivity index (χ0v) is 22.2. The van der Waals surface area contributed by atoms with Gasteiger partial charge >= 0.3 is 0 Å². The number of ether oxygens (including phenoxy) is 1. The number of sulfonamides is 1. The number of aryl methyl sites for hydroxylation is 3. The van der Waals surface area contributed by atoms with Gasteiger partial charge in [0.25, 0.3) is 0 Å². The average Bonchev–Trinajstić information content (AvgIpc) is 3.09. The first kappa shape index (κ1) is 25.8. The Labute approximate surface area is 203 Å². The molecule has 0 saturated heterocycles. The summed E-state index contributed by atoms with van der Waals surface area (Å²) in [4.78, 5) is 0.116. The lowest BCUT2D eigenvalue weighted by atomic mass is 9.91. The quantitative estimate of drug-likeness (QED) is 0.470. The van der Waals surface area contributed by atoms with E-state index in [0.717, 1.165) is 11.3 Å². The van der Waals surface area contributed by atoms with Crippen LogP contribution >= 0.6 is 0 Å². The molecule has 1 atom stereocenters. The molecule has 3 aromatic rings. The van der Waals surface area contributed by atoms with E-state index in [0.29, 0.717) is 23.7 Å². The zero-order chi connectivity index (χ0) is 25.4. The molecule has 0 saturated carbocycles. The lowest BCUT2D eigenvalue weighted by Gasteiger charge is -2.20. The highest BCUT2D eigenvalue weighted by Gasteiger charge is 2.32. The van der Waals surface area contributed by atoms with E-state index in [9.17, 15) is 8.42 Å². The summed E-state index contributed by atoms with van der Waals surface area (Å²) in [5.41, 5.74) is 12.1. The molecule has 8 heteroatoms. The highest BCUT2D eigenvalue weighted by molar-refractivity contribution is 7.89. The molecule has 0 spiro atoms. The molecule has 7 nitrogen and oxygen atoms in total. The van der Waals surface area contributed by atoms with Gasteiger partial charge in [-0.05, 0) is 62.6 Å². The van der Waals surface area contributed by atoms with Crippen LogP contribution in [0.5, 0.6) is 5.75 Å². The Morgan fingerprint density at radius 2 is 1.74 bits per heavy atom. The second-order valence-corrected chi connectivity index (χ2v) is 11.7. The van der Waals surface area contributed by atoms with Crippen molar-refractivity contribution in [3.63, 3.8) is 0 Å². The van der Waals surface area contributed by atoms with Gasteiger partial charge in [-0.1, -0.05) is 44.5 Å². The summed E-state index contributed by atoms with van der Waals surface area (Å²) >= 11 is 0. The first-order valence-corrected chi connectivity index (χ1v) is 12.8. The van der Waals surface area contributed by atoms with Crippen molar-refractivity contribution >= 4 is 15.7 Å². The van der Waals surface area contributed by atoms with E-state index >= 15 is 0 Å². The molecule has 0 bridgehead atoms. The number of nitrogens with one attached hydrogen (secondary N) is 1. The Morgan fingerprint density at radius 3 is 2.26 bits per heavy atom. The number of anilines is 1. The van der Waals surface area contributed by atoms with Gasteiger partial charge in [-0.25, -0.2) is 13.1 Å². The number of methoxy groups -OCH3 is 1. The largest absolute Gasteiger partial charge is 0.493 e. The molecule has 0 radical (unpaired) electrons. The van der Waals surface area contributed by atoms with E-state index in [1.165, 1.54) is 28.8 Å². The molecular weight excluding hydrogens is 448 g/mol. The van der Waals surface area contributed by atoms with Gasteiger partial charge in [0.1, 0.15) is 5.69 Å². The third-order valence-corrected chi connectivity index (χ3v) is 7.46. The third-order valence-electron chi connectivity index (χ3n) is 5.92. The number of hydrogen-bond acceptors (Lipinski definition) is 5. The van der Waals surface area contributed by atoms with Crippen molar-refractivity contribution in [2.45, 2.75) is 71.4 Å². The van der Waals surface area contributed by atoms with E-state index in [1.54, 1.807) is 26.2 Å². The van der Waals surface area contributed by atoms with Crippen LogP contribution in [0.3, 0.4) is 0 Å². The maximum atomic E-state index is 13.1. The van der Waals surface area contributed by atoms with Crippen LogP contribution in [0.15, 0.2) is 41.3 Å². The number of aromatic nitrogens is 2. The Hall–Kier alpha value is -2.84. The number of nitrogens with zero attached hydrogens (tertiary/aromatic N) is 2. The van der Waals surface area contributed by atoms with Gasteiger partial charge in [-0.2, -0.15) is 5.10 Å². The van der Waals surface area contributed by atoms with Crippen LogP contribution in [-0.4, -0.2) is 25.3 Å².